The number of carbonyl (C=O) groups is 1. The van der Waals surface area contributed by atoms with Gasteiger partial charge in [0, 0.05) is 12.2 Å². The van der Waals surface area contributed by atoms with E-state index in [4.69, 9.17) is 14.2 Å². The summed E-state index contributed by atoms with van der Waals surface area (Å²) in [5.74, 6) is 1.18. The molecule has 0 aliphatic rings. The fraction of sp³-hybridized carbons (Fsp3) is 0.533. The largest absolute Gasteiger partial charge is 0.490 e. The molecule has 0 aromatic heterocycles. The first-order chi connectivity index (χ1) is 9.72. The minimum Gasteiger partial charge on any atom is -0.490 e. The second-order valence-corrected chi connectivity index (χ2v) is 5.05. The van der Waals surface area contributed by atoms with Gasteiger partial charge in [-0.15, -0.1) is 0 Å². The molecule has 5 heteroatoms. The molecule has 0 saturated carbocycles. The Balaban J connectivity index is 2.60. The molecular weight excluding hydrogens is 324 g/mol. The fourth-order valence-corrected chi connectivity index (χ4v) is 2.18. The molecule has 0 spiro atoms. The van der Waals surface area contributed by atoms with Gasteiger partial charge in [-0.05, 0) is 41.4 Å². The van der Waals surface area contributed by atoms with Gasteiger partial charge < -0.3 is 14.2 Å². The third kappa shape index (κ3) is 5.51. The Morgan fingerprint density at radius 2 is 1.95 bits per heavy atom. The lowest BCUT2D eigenvalue weighted by molar-refractivity contribution is 0.0964. The van der Waals surface area contributed by atoms with Gasteiger partial charge in [-0.1, -0.05) is 13.3 Å². The summed E-state index contributed by atoms with van der Waals surface area (Å²) in [7, 11) is 0. The lowest BCUT2D eigenvalue weighted by Crippen LogP contribution is -2.09. The molecule has 1 aromatic carbocycles. The van der Waals surface area contributed by atoms with E-state index in [-0.39, 0.29) is 0 Å². The van der Waals surface area contributed by atoms with E-state index in [1.54, 1.807) is 12.1 Å². The van der Waals surface area contributed by atoms with Gasteiger partial charge in [-0.2, -0.15) is 0 Å². The predicted molar refractivity (Wildman–Crippen MR) is 81.9 cm³/mol. The van der Waals surface area contributed by atoms with E-state index in [1.165, 1.54) is 0 Å². The van der Waals surface area contributed by atoms with Crippen LogP contribution in [0.2, 0.25) is 0 Å². The zero-order chi connectivity index (χ0) is 14.8. The van der Waals surface area contributed by atoms with E-state index in [0.717, 1.165) is 25.7 Å². The molecule has 0 atom stereocenters. The highest BCUT2D eigenvalue weighted by Gasteiger charge is 2.12. The van der Waals surface area contributed by atoms with Crippen LogP contribution in [0.3, 0.4) is 0 Å². The average molecular weight is 345 g/mol. The normalized spacial score (nSPS) is 10.3. The molecule has 0 aliphatic heterocycles. The number of rotatable bonds is 10. The summed E-state index contributed by atoms with van der Waals surface area (Å²) in [5.41, 5.74) is 0.548. The predicted octanol–water partition coefficient (Wildman–Crippen LogP) is 3.86. The van der Waals surface area contributed by atoms with Crippen LogP contribution in [0.25, 0.3) is 0 Å². The van der Waals surface area contributed by atoms with Crippen LogP contribution in [0.1, 0.15) is 37.0 Å². The number of hydrogen-bond acceptors (Lipinski definition) is 4. The molecule has 0 radical (unpaired) electrons. The zero-order valence-electron chi connectivity index (χ0n) is 12.0. The van der Waals surface area contributed by atoms with Crippen molar-refractivity contribution in [3.05, 3.63) is 22.2 Å². The van der Waals surface area contributed by atoms with Crippen LogP contribution in [-0.4, -0.2) is 32.7 Å². The summed E-state index contributed by atoms with van der Waals surface area (Å²) in [4.78, 5) is 10.9. The first-order valence-electron chi connectivity index (χ1n) is 6.85. The molecule has 0 saturated heterocycles. The zero-order valence-corrected chi connectivity index (χ0v) is 13.6. The fourth-order valence-electron chi connectivity index (χ4n) is 1.61. The third-order valence-corrected chi connectivity index (χ3v) is 3.17. The van der Waals surface area contributed by atoms with Crippen molar-refractivity contribution in [2.75, 3.05) is 26.4 Å². The highest BCUT2D eigenvalue weighted by molar-refractivity contribution is 9.10. The van der Waals surface area contributed by atoms with Gasteiger partial charge in [-0.3, -0.25) is 4.79 Å². The molecule has 0 aliphatic carbocycles. The van der Waals surface area contributed by atoms with Crippen LogP contribution in [0.15, 0.2) is 16.6 Å². The quantitative estimate of drug-likeness (QED) is 0.477. The van der Waals surface area contributed by atoms with E-state index in [9.17, 15) is 4.79 Å². The first kappa shape index (κ1) is 17.0. The summed E-state index contributed by atoms with van der Waals surface area (Å²) < 4.78 is 17.3. The highest BCUT2D eigenvalue weighted by Crippen LogP contribution is 2.36. The van der Waals surface area contributed by atoms with Crippen LogP contribution in [0, 0.1) is 0 Å². The van der Waals surface area contributed by atoms with Crippen LogP contribution < -0.4 is 9.47 Å². The molecule has 1 aromatic rings. The second-order valence-electron chi connectivity index (χ2n) is 4.20. The van der Waals surface area contributed by atoms with Crippen molar-refractivity contribution >= 4 is 22.2 Å². The van der Waals surface area contributed by atoms with Crippen LogP contribution in [0.4, 0.5) is 0 Å². The summed E-state index contributed by atoms with van der Waals surface area (Å²) in [5, 5.41) is 0. The Labute approximate surface area is 128 Å². The third-order valence-electron chi connectivity index (χ3n) is 2.58. The summed E-state index contributed by atoms with van der Waals surface area (Å²) in [6, 6.07) is 3.39. The Hall–Kier alpha value is -1.07. The maximum absolute atomic E-state index is 10.9. The molecule has 112 valence electrons. The summed E-state index contributed by atoms with van der Waals surface area (Å²) >= 11 is 3.40. The van der Waals surface area contributed by atoms with Gasteiger partial charge in [-0.25, -0.2) is 0 Å². The summed E-state index contributed by atoms with van der Waals surface area (Å²) in [6.45, 7) is 6.26. The highest BCUT2D eigenvalue weighted by atomic mass is 79.9. The van der Waals surface area contributed by atoms with E-state index in [1.807, 2.05) is 6.92 Å². The van der Waals surface area contributed by atoms with Gasteiger partial charge in [0.1, 0.15) is 12.9 Å². The van der Waals surface area contributed by atoms with Gasteiger partial charge in [0.15, 0.2) is 11.5 Å². The van der Waals surface area contributed by atoms with E-state index in [2.05, 4.69) is 22.9 Å². The SMILES string of the molecule is CCCCOCCOc1c(Br)cc(C=O)cc1OCC. The van der Waals surface area contributed by atoms with E-state index < -0.39 is 0 Å². The second kappa shape index (κ2) is 9.77. The minimum absolute atomic E-state index is 0.447. The number of ether oxygens (including phenoxy) is 3. The Morgan fingerprint density at radius 1 is 1.15 bits per heavy atom. The van der Waals surface area contributed by atoms with Crippen molar-refractivity contribution in [1.29, 1.82) is 0 Å². The molecular formula is C15H21BrO4. The van der Waals surface area contributed by atoms with Crippen LogP contribution >= 0.6 is 15.9 Å². The number of aldehydes is 1. The van der Waals surface area contributed by atoms with Crippen molar-refractivity contribution in [1.82, 2.24) is 0 Å². The van der Waals surface area contributed by atoms with Gasteiger partial charge in [0.2, 0.25) is 0 Å². The lowest BCUT2D eigenvalue weighted by Gasteiger charge is -2.14. The Morgan fingerprint density at radius 3 is 2.60 bits per heavy atom. The maximum Gasteiger partial charge on any atom is 0.175 e. The number of benzene rings is 1. The topological polar surface area (TPSA) is 44.8 Å². The van der Waals surface area contributed by atoms with E-state index >= 15 is 0 Å². The average Bonchev–Trinajstić information content (AvgIpc) is 2.44. The molecule has 0 unspecified atom stereocenters. The Kier molecular flexibility index (Phi) is 8.30. The maximum atomic E-state index is 10.9. The van der Waals surface area contributed by atoms with Crippen molar-refractivity contribution in [3.63, 3.8) is 0 Å². The number of unbranched alkanes of at least 4 members (excludes halogenated alkanes) is 1. The lowest BCUT2D eigenvalue weighted by atomic mass is 10.2. The number of halogens is 1. The van der Waals surface area contributed by atoms with Crippen LogP contribution in [-0.2, 0) is 4.74 Å². The standard InChI is InChI=1S/C15H21BrO4/c1-3-5-6-18-7-8-20-15-13(16)9-12(11-17)10-14(15)19-4-2/h9-11H,3-8H2,1-2H3. The van der Waals surface area contributed by atoms with Gasteiger partial charge >= 0.3 is 0 Å². The van der Waals surface area contributed by atoms with Crippen molar-refractivity contribution in [3.8, 4) is 11.5 Å². The molecule has 20 heavy (non-hydrogen) atoms. The summed E-state index contributed by atoms with van der Waals surface area (Å²) in [6.07, 6.45) is 2.96. The van der Waals surface area contributed by atoms with Crippen molar-refractivity contribution < 1.29 is 19.0 Å². The molecule has 0 N–H and O–H groups in total. The van der Waals surface area contributed by atoms with Crippen molar-refractivity contribution in [2.24, 2.45) is 0 Å². The van der Waals surface area contributed by atoms with E-state index in [0.29, 0.717) is 41.4 Å². The molecule has 0 amide bonds. The molecule has 0 fully saturated rings. The Bertz CT molecular complexity index is 421. The minimum atomic E-state index is 0.447. The molecule has 0 heterocycles. The number of hydrogen-bond donors (Lipinski definition) is 0. The number of carbonyl (C=O) groups excluding carboxylic acids is 1. The van der Waals surface area contributed by atoms with Crippen molar-refractivity contribution in [2.45, 2.75) is 26.7 Å². The van der Waals surface area contributed by atoms with Gasteiger partial charge in [0.05, 0.1) is 17.7 Å². The molecule has 1 rings (SSSR count). The monoisotopic (exact) mass is 344 g/mol. The smallest absolute Gasteiger partial charge is 0.175 e. The first-order valence-corrected chi connectivity index (χ1v) is 7.64. The molecule has 0 bridgehead atoms. The van der Waals surface area contributed by atoms with Crippen LogP contribution in [0.5, 0.6) is 11.5 Å². The van der Waals surface area contributed by atoms with Gasteiger partial charge in [0.25, 0.3) is 0 Å². The molecule has 4 nitrogen and oxygen atoms in total.